The zero-order chi connectivity index (χ0) is 11.3. The van der Waals surface area contributed by atoms with Crippen LogP contribution in [0.3, 0.4) is 0 Å². The topological polar surface area (TPSA) is 61.5 Å². The summed E-state index contributed by atoms with van der Waals surface area (Å²) in [7, 11) is 3.15. The van der Waals surface area contributed by atoms with Crippen molar-refractivity contribution in [3.8, 4) is 11.5 Å². The monoisotopic (exact) mass is 209 g/mol. The Morgan fingerprint density at radius 1 is 1.33 bits per heavy atom. The third-order valence-corrected chi connectivity index (χ3v) is 2.13. The predicted octanol–water partition coefficient (Wildman–Crippen LogP) is 1.12. The number of primary amides is 1. The van der Waals surface area contributed by atoms with Crippen LogP contribution in [0.15, 0.2) is 18.2 Å². The fourth-order valence-corrected chi connectivity index (χ4v) is 1.41. The van der Waals surface area contributed by atoms with Crippen molar-refractivity contribution in [1.29, 1.82) is 0 Å². The van der Waals surface area contributed by atoms with Crippen molar-refractivity contribution in [3.05, 3.63) is 23.8 Å². The second-order valence-corrected chi connectivity index (χ2v) is 3.12. The standard InChI is InChI=1S/C11H15NO3/c1-14-9-5-3-4-8(11(9)15-2)6-7-10(12)13/h3-5H,6-7H2,1-2H3,(H2,12,13). The summed E-state index contributed by atoms with van der Waals surface area (Å²) >= 11 is 0. The summed E-state index contributed by atoms with van der Waals surface area (Å²) in [6.45, 7) is 0. The van der Waals surface area contributed by atoms with Crippen LogP contribution >= 0.6 is 0 Å². The summed E-state index contributed by atoms with van der Waals surface area (Å²) in [6, 6.07) is 5.56. The van der Waals surface area contributed by atoms with E-state index in [1.54, 1.807) is 14.2 Å². The van der Waals surface area contributed by atoms with Gasteiger partial charge in [-0.25, -0.2) is 0 Å². The average molecular weight is 209 g/mol. The average Bonchev–Trinajstić information content (AvgIpc) is 2.25. The number of para-hydroxylation sites is 1. The molecule has 0 atom stereocenters. The SMILES string of the molecule is COc1cccc(CCC(N)=O)c1OC. The first-order valence-electron chi connectivity index (χ1n) is 4.67. The molecule has 0 aliphatic carbocycles. The van der Waals surface area contributed by atoms with Gasteiger partial charge in [-0.05, 0) is 18.1 Å². The molecule has 1 rings (SSSR count). The molecule has 0 aliphatic rings. The zero-order valence-electron chi connectivity index (χ0n) is 8.95. The molecule has 0 fully saturated rings. The number of carbonyl (C=O) groups excluding carboxylic acids is 1. The lowest BCUT2D eigenvalue weighted by molar-refractivity contribution is -0.117. The number of methoxy groups -OCH3 is 2. The van der Waals surface area contributed by atoms with E-state index in [2.05, 4.69) is 0 Å². The molecular formula is C11H15NO3. The maximum atomic E-state index is 10.7. The predicted molar refractivity (Wildman–Crippen MR) is 57.1 cm³/mol. The first-order chi connectivity index (χ1) is 7.19. The Morgan fingerprint density at radius 2 is 2.07 bits per heavy atom. The maximum Gasteiger partial charge on any atom is 0.217 e. The molecule has 0 radical (unpaired) electrons. The zero-order valence-corrected chi connectivity index (χ0v) is 8.95. The van der Waals surface area contributed by atoms with E-state index in [1.807, 2.05) is 18.2 Å². The molecule has 4 nitrogen and oxygen atoms in total. The van der Waals surface area contributed by atoms with Gasteiger partial charge < -0.3 is 15.2 Å². The summed E-state index contributed by atoms with van der Waals surface area (Å²) in [5, 5.41) is 0. The minimum Gasteiger partial charge on any atom is -0.493 e. The summed E-state index contributed by atoms with van der Waals surface area (Å²) in [6.07, 6.45) is 0.874. The second kappa shape index (κ2) is 5.24. The Morgan fingerprint density at radius 3 is 2.60 bits per heavy atom. The van der Waals surface area contributed by atoms with Crippen LogP contribution < -0.4 is 15.2 Å². The van der Waals surface area contributed by atoms with Crippen molar-refractivity contribution in [3.63, 3.8) is 0 Å². The van der Waals surface area contributed by atoms with Crippen LogP contribution in [0.2, 0.25) is 0 Å². The molecule has 0 saturated carbocycles. The lowest BCUT2D eigenvalue weighted by atomic mass is 10.1. The van der Waals surface area contributed by atoms with Gasteiger partial charge in [0.2, 0.25) is 5.91 Å². The van der Waals surface area contributed by atoms with E-state index in [0.717, 1.165) is 5.56 Å². The van der Waals surface area contributed by atoms with Crippen LogP contribution in [0.5, 0.6) is 11.5 Å². The minimum absolute atomic E-state index is 0.309. The number of benzene rings is 1. The number of hydrogen-bond donors (Lipinski definition) is 1. The van der Waals surface area contributed by atoms with Crippen LogP contribution in [-0.2, 0) is 11.2 Å². The highest BCUT2D eigenvalue weighted by molar-refractivity contribution is 5.74. The van der Waals surface area contributed by atoms with E-state index in [4.69, 9.17) is 15.2 Å². The second-order valence-electron chi connectivity index (χ2n) is 3.12. The number of aryl methyl sites for hydroxylation is 1. The molecule has 0 saturated heterocycles. The van der Waals surface area contributed by atoms with Gasteiger partial charge in [0.1, 0.15) is 0 Å². The number of nitrogens with two attached hydrogens (primary N) is 1. The van der Waals surface area contributed by atoms with E-state index in [0.29, 0.717) is 24.3 Å². The van der Waals surface area contributed by atoms with Crippen molar-refractivity contribution < 1.29 is 14.3 Å². The van der Waals surface area contributed by atoms with Gasteiger partial charge in [-0.3, -0.25) is 4.79 Å². The fraction of sp³-hybridized carbons (Fsp3) is 0.364. The highest BCUT2D eigenvalue weighted by atomic mass is 16.5. The van der Waals surface area contributed by atoms with E-state index in [-0.39, 0.29) is 5.91 Å². The molecule has 82 valence electrons. The van der Waals surface area contributed by atoms with Gasteiger partial charge in [0.05, 0.1) is 14.2 Å². The lowest BCUT2D eigenvalue weighted by Gasteiger charge is -2.11. The molecule has 0 bridgehead atoms. The molecule has 0 spiro atoms. The number of carbonyl (C=O) groups is 1. The largest absolute Gasteiger partial charge is 0.493 e. The number of amides is 1. The molecule has 0 heterocycles. The van der Waals surface area contributed by atoms with Crippen LogP contribution in [0.4, 0.5) is 0 Å². The summed E-state index contributed by atoms with van der Waals surface area (Å²) in [5.41, 5.74) is 6.02. The Bertz CT molecular complexity index is 350. The number of ether oxygens (including phenoxy) is 2. The van der Waals surface area contributed by atoms with Crippen molar-refractivity contribution in [2.75, 3.05) is 14.2 Å². The van der Waals surface area contributed by atoms with Gasteiger partial charge in [0.25, 0.3) is 0 Å². The molecule has 0 aliphatic heterocycles. The molecule has 15 heavy (non-hydrogen) atoms. The van der Waals surface area contributed by atoms with E-state index >= 15 is 0 Å². The highest BCUT2D eigenvalue weighted by Gasteiger charge is 2.09. The third-order valence-electron chi connectivity index (χ3n) is 2.13. The van der Waals surface area contributed by atoms with Gasteiger partial charge in [-0.2, -0.15) is 0 Å². The Labute approximate surface area is 89.0 Å². The molecule has 1 amide bonds. The molecular weight excluding hydrogens is 194 g/mol. The van der Waals surface area contributed by atoms with Crippen LogP contribution in [0.1, 0.15) is 12.0 Å². The smallest absolute Gasteiger partial charge is 0.217 e. The molecule has 0 unspecified atom stereocenters. The Hall–Kier alpha value is -1.71. The normalized spacial score (nSPS) is 9.73. The summed E-state index contributed by atoms with van der Waals surface area (Å²) < 4.78 is 10.4. The van der Waals surface area contributed by atoms with E-state index < -0.39 is 0 Å². The van der Waals surface area contributed by atoms with Gasteiger partial charge in [-0.1, -0.05) is 12.1 Å². The van der Waals surface area contributed by atoms with Gasteiger partial charge in [0, 0.05) is 6.42 Å². The van der Waals surface area contributed by atoms with Crippen LogP contribution in [0, 0.1) is 0 Å². The highest BCUT2D eigenvalue weighted by Crippen LogP contribution is 2.31. The summed E-state index contributed by atoms with van der Waals surface area (Å²) in [5.74, 6) is 1.01. The van der Waals surface area contributed by atoms with E-state index in [9.17, 15) is 4.79 Å². The first-order valence-corrected chi connectivity index (χ1v) is 4.67. The van der Waals surface area contributed by atoms with Crippen LogP contribution in [-0.4, -0.2) is 20.1 Å². The first kappa shape index (κ1) is 11.4. The van der Waals surface area contributed by atoms with Gasteiger partial charge in [-0.15, -0.1) is 0 Å². The van der Waals surface area contributed by atoms with Gasteiger partial charge in [0.15, 0.2) is 11.5 Å². The summed E-state index contributed by atoms with van der Waals surface area (Å²) in [4.78, 5) is 10.7. The lowest BCUT2D eigenvalue weighted by Crippen LogP contribution is -2.11. The van der Waals surface area contributed by atoms with Crippen molar-refractivity contribution in [1.82, 2.24) is 0 Å². The molecule has 0 aromatic heterocycles. The van der Waals surface area contributed by atoms with Gasteiger partial charge >= 0.3 is 0 Å². The quantitative estimate of drug-likeness (QED) is 0.790. The van der Waals surface area contributed by atoms with Crippen LogP contribution in [0.25, 0.3) is 0 Å². The number of hydrogen-bond acceptors (Lipinski definition) is 3. The maximum absolute atomic E-state index is 10.7. The van der Waals surface area contributed by atoms with Crippen molar-refractivity contribution >= 4 is 5.91 Å². The minimum atomic E-state index is -0.320. The van der Waals surface area contributed by atoms with E-state index in [1.165, 1.54) is 0 Å². The number of rotatable bonds is 5. The van der Waals surface area contributed by atoms with Crippen molar-refractivity contribution in [2.24, 2.45) is 5.73 Å². The molecule has 4 heteroatoms. The fourth-order valence-electron chi connectivity index (χ4n) is 1.41. The Balaban J connectivity index is 2.90. The molecule has 2 N–H and O–H groups in total. The third kappa shape index (κ3) is 2.87. The Kier molecular flexibility index (Phi) is 3.97. The molecule has 1 aromatic rings. The van der Waals surface area contributed by atoms with Crippen molar-refractivity contribution in [2.45, 2.75) is 12.8 Å². The molecule has 1 aromatic carbocycles.